The number of carbonyl (C=O) groups excluding carboxylic acids is 1. The molecule has 2 aromatic heterocycles. The summed E-state index contributed by atoms with van der Waals surface area (Å²) in [6.07, 6.45) is -12.1. The van der Waals surface area contributed by atoms with Crippen LogP contribution in [0.15, 0.2) is 29.2 Å². The number of aromatic nitrogens is 2. The molecule has 0 aliphatic carbocycles. The number of halogens is 10. The maximum Gasteiger partial charge on any atom is 0.417 e. The Balaban J connectivity index is 1.95. The van der Waals surface area contributed by atoms with Gasteiger partial charge < -0.3 is 20.4 Å². The first-order chi connectivity index (χ1) is 19.4. The number of fused-ring (bicyclic) bond motifs is 1. The number of hydrogen-bond acceptors (Lipinski definition) is 6. The third-order valence-electron chi connectivity index (χ3n) is 6.60. The molecule has 3 aromatic rings. The van der Waals surface area contributed by atoms with Crippen molar-refractivity contribution in [2.45, 2.75) is 36.8 Å². The van der Waals surface area contributed by atoms with E-state index in [9.17, 15) is 59.3 Å². The molecule has 18 heteroatoms. The lowest BCUT2D eigenvalue weighted by Gasteiger charge is -2.37. The molecule has 0 spiro atoms. The standard InChI is InChI=1S/C24H18F10N4O4/c25-10-5-13(26)16(14(27)6-10)38-8-12(20(41)36-21(23(29,30)31)24(32,33)34)17(40)11-7-15(28)19(35-18(11)38)37-3-1-22(42,9-39)2-4-37/h5-8,21,39,42H,1-4,9H2,(H,36,41). The summed E-state index contributed by atoms with van der Waals surface area (Å²) in [7, 11) is 0. The lowest BCUT2D eigenvalue weighted by molar-refractivity contribution is -0.255. The summed E-state index contributed by atoms with van der Waals surface area (Å²) in [4.78, 5) is 30.8. The zero-order chi connectivity index (χ0) is 31.4. The van der Waals surface area contributed by atoms with Crippen molar-refractivity contribution < 1.29 is 58.9 Å². The van der Waals surface area contributed by atoms with Gasteiger partial charge in [0.25, 0.3) is 5.91 Å². The largest absolute Gasteiger partial charge is 0.417 e. The highest BCUT2D eigenvalue weighted by molar-refractivity contribution is 5.97. The van der Waals surface area contributed by atoms with Crippen LogP contribution >= 0.6 is 0 Å². The first-order valence-corrected chi connectivity index (χ1v) is 11.8. The molecular weight excluding hydrogens is 598 g/mol. The van der Waals surface area contributed by atoms with E-state index in [4.69, 9.17) is 0 Å². The second-order valence-electron chi connectivity index (χ2n) is 9.48. The molecular formula is C24H18F10N4O4. The smallest absolute Gasteiger partial charge is 0.393 e. The Kier molecular flexibility index (Phi) is 7.92. The lowest BCUT2D eigenvalue weighted by atomic mass is 9.92. The molecule has 0 saturated carbocycles. The highest BCUT2D eigenvalue weighted by atomic mass is 19.4. The number of alkyl halides is 6. The van der Waals surface area contributed by atoms with Crippen LogP contribution in [-0.4, -0.2) is 69.4 Å². The maximum atomic E-state index is 15.2. The van der Waals surface area contributed by atoms with Crippen LogP contribution in [0.4, 0.5) is 49.7 Å². The SMILES string of the molecule is O=C(NC(C(F)(F)F)C(F)(F)F)c1cn(-c2c(F)cc(F)cc2F)c2nc(N3CCC(O)(CO)CC3)c(F)cc2c1=O. The minimum Gasteiger partial charge on any atom is -0.393 e. The second-order valence-corrected chi connectivity index (χ2v) is 9.48. The van der Waals surface area contributed by atoms with Crippen molar-refractivity contribution in [1.29, 1.82) is 0 Å². The summed E-state index contributed by atoms with van der Waals surface area (Å²) < 4.78 is 137. The molecule has 3 heterocycles. The van der Waals surface area contributed by atoms with E-state index in [0.717, 1.165) is 0 Å². The zero-order valence-corrected chi connectivity index (χ0v) is 20.8. The van der Waals surface area contributed by atoms with Crippen molar-refractivity contribution in [3.63, 3.8) is 0 Å². The van der Waals surface area contributed by atoms with Crippen LogP contribution in [0.2, 0.25) is 0 Å². The van der Waals surface area contributed by atoms with Gasteiger partial charge in [-0.15, -0.1) is 0 Å². The van der Waals surface area contributed by atoms with Crippen molar-refractivity contribution in [1.82, 2.24) is 14.9 Å². The van der Waals surface area contributed by atoms with E-state index < -0.39 is 93.3 Å². The van der Waals surface area contributed by atoms with Crippen molar-refractivity contribution in [2.24, 2.45) is 0 Å². The number of carbonyl (C=O) groups is 1. The van der Waals surface area contributed by atoms with E-state index in [0.29, 0.717) is 11.4 Å². The number of benzene rings is 1. The molecule has 1 amide bonds. The summed E-state index contributed by atoms with van der Waals surface area (Å²) in [6.45, 7) is -0.856. The van der Waals surface area contributed by atoms with Gasteiger partial charge in [-0.25, -0.2) is 22.5 Å². The van der Waals surface area contributed by atoms with Crippen LogP contribution in [0, 0.1) is 23.3 Å². The van der Waals surface area contributed by atoms with Gasteiger partial charge >= 0.3 is 12.4 Å². The summed E-state index contributed by atoms with van der Waals surface area (Å²) in [5.41, 5.74) is -6.71. The van der Waals surface area contributed by atoms with E-state index in [2.05, 4.69) is 4.98 Å². The van der Waals surface area contributed by atoms with E-state index >= 15 is 4.39 Å². The van der Waals surface area contributed by atoms with Crippen LogP contribution in [0.1, 0.15) is 23.2 Å². The second kappa shape index (κ2) is 10.7. The van der Waals surface area contributed by atoms with Gasteiger partial charge in [0.15, 0.2) is 28.9 Å². The maximum absolute atomic E-state index is 15.2. The Morgan fingerprint density at radius 1 is 0.976 bits per heavy atom. The fourth-order valence-electron chi connectivity index (χ4n) is 4.38. The fraction of sp³-hybridized carbons (Fsp3) is 0.375. The monoisotopic (exact) mass is 616 g/mol. The van der Waals surface area contributed by atoms with Gasteiger partial charge in [0.05, 0.1) is 17.6 Å². The Morgan fingerprint density at radius 3 is 2.02 bits per heavy atom. The minimum absolute atomic E-state index is 0.0879. The van der Waals surface area contributed by atoms with Crippen LogP contribution in [-0.2, 0) is 0 Å². The van der Waals surface area contributed by atoms with Gasteiger partial charge in [0.1, 0.15) is 17.1 Å². The highest BCUT2D eigenvalue weighted by Gasteiger charge is 2.57. The average Bonchev–Trinajstić information content (AvgIpc) is 2.87. The number of nitrogens with one attached hydrogen (secondary N) is 1. The number of aliphatic hydroxyl groups is 2. The minimum atomic E-state index is -6.07. The van der Waals surface area contributed by atoms with E-state index in [-0.39, 0.29) is 48.8 Å². The van der Waals surface area contributed by atoms with Gasteiger partial charge in [0, 0.05) is 31.4 Å². The van der Waals surface area contributed by atoms with Crippen LogP contribution in [0.5, 0.6) is 0 Å². The molecule has 42 heavy (non-hydrogen) atoms. The number of aliphatic hydroxyl groups excluding tert-OH is 1. The molecule has 3 N–H and O–H groups in total. The normalized spacial score (nSPS) is 15.9. The number of hydrogen-bond donors (Lipinski definition) is 3. The van der Waals surface area contributed by atoms with Crippen LogP contribution in [0.3, 0.4) is 0 Å². The van der Waals surface area contributed by atoms with E-state index in [1.165, 1.54) is 4.90 Å². The lowest BCUT2D eigenvalue weighted by Crippen LogP contribution is -2.55. The number of rotatable bonds is 5. The Hall–Kier alpha value is -3.93. The summed E-state index contributed by atoms with van der Waals surface area (Å²) in [5.74, 6) is -8.93. The number of pyridine rings is 2. The molecule has 0 unspecified atom stereocenters. The molecule has 1 aliphatic heterocycles. The van der Waals surface area contributed by atoms with Crippen LogP contribution < -0.4 is 15.6 Å². The van der Waals surface area contributed by atoms with Crippen LogP contribution in [0.25, 0.3) is 16.7 Å². The molecule has 1 fully saturated rings. The first-order valence-electron chi connectivity index (χ1n) is 11.8. The van der Waals surface area contributed by atoms with Crippen molar-refractivity contribution in [3.8, 4) is 5.69 Å². The summed E-state index contributed by atoms with van der Waals surface area (Å²) in [5, 5.41) is 19.2. The molecule has 4 rings (SSSR count). The van der Waals surface area contributed by atoms with Crippen molar-refractivity contribution in [2.75, 3.05) is 24.6 Å². The summed E-state index contributed by atoms with van der Waals surface area (Å²) >= 11 is 0. The molecule has 1 aromatic carbocycles. The van der Waals surface area contributed by atoms with E-state index in [1.54, 1.807) is 0 Å². The van der Waals surface area contributed by atoms with Gasteiger partial charge in [-0.05, 0) is 18.9 Å². The topological polar surface area (TPSA) is 108 Å². The molecule has 0 radical (unpaired) electrons. The van der Waals surface area contributed by atoms with Crippen molar-refractivity contribution >= 4 is 22.8 Å². The zero-order valence-electron chi connectivity index (χ0n) is 20.8. The number of amides is 1. The number of nitrogens with zero attached hydrogens (tertiary/aromatic N) is 3. The summed E-state index contributed by atoms with van der Waals surface area (Å²) in [6, 6.07) is -3.74. The Bertz CT molecular complexity index is 1560. The molecule has 0 bridgehead atoms. The predicted octanol–water partition coefficient (Wildman–Crippen LogP) is 3.49. The molecule has 228 valence electrons. The molecule has 1 saturated heterocycles. The Morgan fingerprint density at radius 2 is 1.52 bits per heavy atom. The Labute approximate surface area is 227 Å². The predicted molar refractivity (Wildman–Crippen MR) is 124 cm³/mol. The molecule has 1 aliphatic rings. The van der Waals surface area contributed by atoms with Gasteiger partial charge in [-0.2, -0.15) is 26.3 Å². The van der Waals surface area contributed by atoms with Gasteiger partial charge in [0.2, 0.25) is 11.5 Å². The quantitative estimate of drug-likeness (QED) is 0.379. The third kappa shape index (κ3) is 5.85. The number of anilines is 1. The number of piperidine rings is 1. The van der Waals surface area contributed by atoms with Gasteiger partial charge in [-0.3, -0.25) is 14.2 Å². The molecule has 8 nitrogen and oxygen atoms in total. The van der Waals surface area contributed by atoms with E-state index in [1.807, 2.05) is 0 Å². The van der Waals surface area contributed by atoms with Crippen molar-refractivity contribution in [3.05, 3.63) is 63.5 Å². The van der Waals surface area contributed by atoms with Gasteiger partial charge in [-0.1, -0.05) is 0 Å². The third-order valence-corrected chi connectivity index (χ3v) is 6.60. The molecule has 0 atom stereocenters. The fourth-order valence-corrected chi connectivity index (χ4v) is 4.38. The highest BCUT2D eigenvalue weighted by Crippen LogP contribution is 2.34. The first kappa shape index (κ1) is 31.0. The average molecular weight is 616 g/mol.